The number of anilines is 1. The molecule has 0 bridgehead atoms. The molecule has 178 valence electrons. The molecule has 0 fully saturated rings. The first kappa shape index (κ1) is 23.7. The van der Waals surface area contributed by atoms with Gasteiger partial charge < -0.3 is 16.0 Å². The fourth-order valence-electron chi connectivity index (χ4n) is 3.74. The zero-order valence-corrected chi connectivity index (χ0v) is 18.5. The molecule has 1 heterocycles. The summed E-state index contributed by atoms with van der Waals surface area (Å²) >= 11 is 0. The SMILES string of the molecule is CN=CC=C(N)c1cc(C(=O)Nc2c(-c3ccccc3)[nH]c3ccccc23)c(F)cc1C(F)(F)F. The van der Waals surface area contributed by atoms with Gasteiger partial charge in [-0.25, -0.2) is 4.39 Å². The number of halogens is 4. The number of nitrogens with one attached hydrogen (secondary N) is 2. The van der Waals surface area contributed by atoms with Gasteiger partial charge in [0.15, 0.2) is 0 Å². The number of allylic oxidation sites excluding steroid dienone is 1. The first-order valence-electron chi connectivity index (χ1n) is 10.5. The predicted molar refractivity (Wildman–Crippen MR) is 130 cm³/mol. The van der Waals surface area contributed by atoms with Gasteiger partial charge in [0.2, 0.25) is 0 Å². The van der Waals surface area contributed by atoms with E-state index in [2.05, 4.69) is 15.3 Å². The van der Waals surface area contributed by atoms with Crippen LogP contribution in [0.15, 0.2) is 77.8 Å². The Morgan fingerprint density at radius 3 is 2.40 bits per heavy atom. The van der Waals surface area contributed by atoms with E-state index in [1.807, 2.05) is 42.5 Å². The van der Waals surface area contributed by atoms with Crippen LogP contribution in [0.3, 0.4) is 0 Å². The molecule has 0 aliphatic rings. The van der Waals surface area contributed by atoms with Crippen LogP contribution in [0.2, 0.25) is 0 Å². The maximum Gasteiger partial charge on any atom is 0.417 e. The zero-order chi connectivity index (χ0) is 25.2. The molecule has 0 saturated heterocycles. The lowest BCUT2D eigenvalue weighted by Crippen LogP contribution is -2.18. The number of amides is 1. The van der Waals surface area contributed by atoms with E-state index in [4.69, 9.17) is 5.73 Å². The smallest absolute Gasteiger partial charge is 0.398 e. The number of carbonyl (C=O) groups is 1. The summed E-state index contributed by atoms with van der Waals surface area (Å²) in [6.07, 6.45) is -2.53. The van der Waals surface area contributed by atoms with Crippen molar-refractivity contribution in [2.45, 2.75) is 6.18 Å². The van der Waals surface area contributed by atoms with Gasteiger partial charge in [0, 0.05) is 41.0 Å². The number of aliphatic imine (C=N–C) groups is 1. The van der Waals surface area contributed by atoms with Crippen molar-refractivity contribution in [1.29, 1.82) is 0 Å². The summed E-state index contributed by atoms with van der Waals surface area (Å²) in [5, 5.41) is 3.34. The van der Waals surface area contributed by atoms with Crippen LogP contribution in [-0.4, -0.2) is 24.2 Å². The van der Waals surface area contributed by atoms with Crippen LogP contribution in [0, 0.1) is 5.82 Å². The minimum Gasteiger partial charge on any atom is -0.398 e. The highest BCUT2D eigenvalue weighted by Crippen LogP contribution is 2.37. The standard InChI is InChI=1S/C26H20F4N4O/c1-32-12-11-21(31)17-13-18(20(27)14-19(17)26(28,29)30)25(35)34-24-16-9-5-6-10-22(16)33-23(24)15-7-3-2-4-8-15/h2-14,33H,31H2,1H3,(H,34,35). The maximum atomic E-state index is 14.8. The number of para-hydroxylation sites is 1. The van der Waals surface area contributed by atoms with Crippen molar-refractivity contribution in [2.24, 2.45) is 10.7 Å². The van der Waals surface area contributed by atoms with Crippen molar-refractivity contribution in [2.75, 3.05) is 12.4 Å². The van der Waals surface area contributed by atoms with Gasteiger partial charge in [-0.3, -0.25) is 9.79 Å². The van der Waals surface area contributed by atoms with Gasteiger partial charge >= 0.3 is 6.18 Å². The van der Waals surface area contributed by atoms with Crippen molar-refractivity contribution < 1.29 is 22.4 Å². The molecule has 4 rings (SSSR count). The number of hydrogen-bond donors (Lipinski definition) is 3. The molecule has 5 nitrogen and oxygen atoms in total. The van der Waals surface area contributed by atoms with E-state index in [1.54, 1.807) is 12.1 Å². The number of aromatic amines is 1. The van der Waals surface area contributed by atoms with Gasteiger partial charge in [0.1, 0.15) is 5.82 Å². The summed E-state index contributed by atoms with van der Waals surface area (Å²) in [5.74, 6) is -2.24. The van der Waals surface area contributed by atoms with E-state index in [1.165, 1.54) is 13.3 Å². The van der Waals surface area contributed by atoms with Gasteiger partial charge in [-0.05, 0) is 24.3 Å². The molecule has 0 unspecified atom stereocenters. The van der Waals surface area contributed by atoms with Crippen LogP contribution >= 0.6 is 0 Å². The molecule has 35 heavy (non-hydrogen) atoms. The van der Waals surface area contributed by atoms with Crippen molar-refractivity contribution in [3.63, 3.8) is 0 Å². The van der Waals surface area contributed by atoms with Gasteiger partial charge in [-0.1, -0.05) is 48.5 Å². The second-order valence-electron chi connectivity index (χ2n) is 7.65. The summed E-state index contributed by atoms with van der Waals surface area (Å²) in [6.45, 7) is 0. The Hall–Kier alpha value is -4.40. The van der Waals surface area contributed by atoms with Gasteiger partial charge in [-0.2, -0.15) is 13.2 Å². The quantitative estimate of drug-likeness (QED) is 0.233. The highest BCUT2D eigenvalue weighted by atomic mass is 19.4. The summed E-state index contributed by atoms with van der Waals surface area (Å²) < 4.78 is 55.6. The highest BCUT2D eigenvalue weighted by Gasteiger charge is 2.36. The highest BCUT2D eigenvalue weighted by molar-refractivity contribution is 6.13. The molecular formula is C26H20F4N4O. The predicted octanol–water partition coefficient (Wildman–Crippen LogP) is 6.25. The molecule has 0 saturated carbocycles. The molecule has 0 atom stereocenters. The van der Waals surface area contributed by atoms with E-state index in [0.29, 0.717) is 16.8 Å². The molecule has 9 heteroatoms. The minimum atomic E-state index is -4.88. The van der Waals surface area contributed by atoms with Crippen LogP contribution in [-0.2, 0) is 6.18 Å². The lowest BCUT2D eigenvalue weighted by atomic mass is 9.99. The molecule has 3 aromatic carbocycles. The van der Waals surface area contributed by atoms with Crippen molar-refractivity contribution in [1.82, 2.24) is 4.98 Å². The summed E-state index contributed by atoms with van der Waals surface area (Å²) in [4.78, 5) is 20.1. The van der Waals surface area contributed by atoms with Gasteiger partial charge in [-0.15, -0.1) is 0 Å². The number of hydrogen-bond acceptors (Lipinski definition) is 3. The molecule has 4 N–H and O–H groups in total. The average Bonchev–Trinajstić information content (AvgIpc) is 3.20. The number of rotatable bonds is 5. The fourth-order valence-corrected chi connectivity index (χ4v) is 3.74. The number of benzene rings is 3. The van der Waals surface area contributed by atoms with Crippen molar-refractivity contribution in [3.05, 3.63) is 95.3 Å². The third kappa shape index (κ3) is 4.79. The van der Waals surface area contributed by atoms with Crippen LogP contribution in [0.4, 0.5) is 23.2 Å². The Morgan fingerprint density at radius 2 is 1.71 bits per heavy atom. The zero-order valence-electron chi connectivity index (χ0n) is 18.5. The number of nitrogens with two attached hydrogens (primary N) is 1. The number of fused-ring (bicyclic) bond motifs is 1. The van der Waals surface area contributed by atoms with E-state index in [9.17, 15) is 22.4 Å². The lowest BCUT2D eigenvalue weighted by molar-refractivity contribution is -0.138. The molecule has 0 aliphatic heterocycles. The summed E-state index contributed by atoms with van der Waals surface area (Å²) in [5.41, 5.74) is 5.55. The monoisotopic (exact) mass is 480 g/mol. The topological polar surface area (TPSA) is 83.3 Å². The van der Waals surface area contributed by atoms with E-state index in [0.717, 1.165) is 23.2 Å². The first-order chi connectivity index (χ1) is 16.7. The van der Waals surface area contributed by atoms with Crippen LogP contribution in [0.5, 0.6) is 0 Å². The Labute approximate surface area is 198 Å². The molecule has 4 aromatic rings. The summed E-state index contributed by atoms with van der Waals surface area (Å²) in [7, 11) is 1.42. The number of nitrogens with zero attached hydrogens (tertiary/aromatic N) is 1. The van der Waals surface area contributed by atoms with Crippen LogP contribution < -0.4 is 11.1 Å². The molecule has 1 aromatic heterocycles. The largest absolute Gasteiger partial charge is 0.417 e. The van der Waals surface area contributed by atoms with Crippen LogP contribution in [0.25, 0.3) is 27.9 Å². The molecule has 0 radical (unpaired) electrons. The third-order valence-corrected chi connectivity index (χ3v) is 5.38. The lowest BCUT2D eigenvalue weighted by Gasteiger charge is -2.16. The Balaban J connectivity index is 1.83. The summed E-state index contributed by atoms with van der Waals surface area (Å²) in [6, 6.07) is 17.4. The maximum absolute atomic E-state index is 14.8. The minimum absolute atomic E-state index is 0.279. The number of aromatic nitrogens is 1. The normalized spacial score (nSPS) is 12.4. The fraction of sp³-hybridized carbons (Fsp3) is 0.0769. The number of alkyl halides is 3. The van der Waals surface area contributed by atoms with E-state index < -0.39 is 34.6 Å². The van der Waals surface area contributed by atoms with E-state index >= 15 is 0 Å². The van der Waals surface area contributed by atoms with Crippen molar-refractivity contribution in [3.8, 4) is 11.3 Å². The van der Waals surface area contributed by atoms with Crippen LogP contribution in [0.1, 0.15) is 21.5 Å². The van der Waals surface area contributed by atoms with Crippen molar-refractivity contribution >= 4 is 34.4 Å². The Morgan fingerprint density at radius 1 is 1.03 bits per heavy atom. The van der Waals surface area contributed by atoms with Gasteiger partial charge in [0.25, 0.3) is 5.91 Å². The second-order valence-corrected chi connectivity index (χ2v) is 7.65. The second kappa shape index (κ2) is 9.46. The Bertz CT molecular complexity index is 1450. The van der Waals surface area contributed by atoms with Gasteiger partial charge in [0.05, 0.1) is 22.5 Å². The molecule has 0 aliphatic carbocycles. The number of carbonyl (C=O) groups excluding carboxylic acids is 1. The molecular weight excluding hydrogens is 460 g/mol. The average molecular weight is 480 g/mol. The molecule has 0 spiro atoms. The first-order valence-corrected chi connectivity index (χ1v) is 10.5. The van der Waals surface area contributed by atoms with E-state index in [-0.39, 0.29) is 11.8 Å². The third-order valence-electron chi connectivity index (χ3n) is 5.38. The molecule has 1 amide bonds. The number of H-pyrrole nitrogens is 1. The Kier molecular flexibility index (Phi) is 6.42.